The minimum absolute atomic E-state index is 0.0476. The third-order valence-electron chi connectivity index (χ3n) is 2.44. The van der Waals surface area contributed by atoms with Crippen LogP contribution in [0.3, 0.4) is 0 Å². The van der Waals surface area contributed by atoms with Crippen molar-refractivity contribution in [1.82, 2.24) is 0 Å². The van der Waals surface area contributed by atoms with E-state index in [1.54, 1.807) is 18.2 Å². The van der Waals surface area contributed by atoms with Crippen molar-refractivity contribution in [2.24, 2.45) is 5.41 Å². The molecule has 0 saturated carbocycles. The van der Waals surface area contributed by atoms with Crippen molar-refractivity contribution in [2.75, 3.05) is 17.1 Å². The van der Waals surface area contributed by atoms with E-state index in [0.717, 1.165) is 5.56 Å². The monoisotopic (exact) mass is 295 g/mol. The van der Waals surface area contributed by atoms with Crippen molar-refractivity contribution < 1.29 is 13.5 Å². The molecule has 0 fully saturated rings. The van der Waals surface area contributed by atoms with Gasteiger partial charge in [0.2, 0.25) is 10.0 Å². The number of aliphatic hydroxyl groups is 1. The van der Waals surface area contributed by atoms with Gasteiger partial charge < -0.3 is 5.11 Å². The summed E-state index contributed by atoms with van der Waals surface area (Å²) in [5.41, 5.74) is 1.71. The molecule has 0 aromatic heterocycles. The zero-order valence-electron chi connectivity index (χ0n) is 12.3. The Hall–Kier alpha value is -1.51. The predicted octanol–water partition coefficient (Wildman–Crippen LogP) is 2.13. The van der Waals surface area contributed by atoms with Crippen molar-refractivity contribution in [1.29, 1.82) is 0 Å². The summed E-state index contributed by atoms with van der Waals surface area (Å²) in [6, 6.07) is 5.27. The molecular weight excluding hydrogens is 274 g/mol. The SMILES string of the molecule is Cc1ccc(C#CCO)cc1NS(=O)(=O)CC(C)(C)C. The van der Waals surface area contributed by atoms with Crippen LogP contribution in [0.1, 0.15) is 31.9 Å². The fraction of sp³-hybridized carbons (Fsp3) is 0.467. The molecule has 4 nitrogen and oxygen atoms in total. The topological polar surface area (TPSA) is 66.4 Å². The average Bonchev–Trinajstić information content (AvgIpc) is 2.26. The van der Waals surface area contributed by atoms with E-state index in [4.69, 9.17) is 5.11 Å². The molecule has 0 aliphatic heterocycles. The Bertz CT molecular complexity index is 631. The highest BCUT2D eigenvalue weighted by atomic mass is 32.2. The number of hydrogen-bond acceptors (Lipinski definition) is 3. The van der Waals surface area contributed by atoms with Crippen LogP contribution in [0.2, 0.25) is 0 Å². The second-order valence-corrected chi connectivity index (χ2v) is 7.63. The van der Waals surface area contributed by atoms with Gasteiger partial charge in [-0.2, -0.15) is 0 Å². The summed E-state index contributed by atoms with van der Waals surface area (Å²) in [7, 11) is -3.40. The Balaban J connectivity index is 3.03. The molecule has 110 valence electrons. The Labute approximate surface area is 121 Å². The number of aryl methyl sites for hydroxylation is 1. The molecular formula is C15H21NO3S. The van der Waals surface area contributed by atoms with Crippen LogP contribution in [0, 0.1) is 24.2 Å². The van der Waals surface area contributed by atoms with Crippen LogP contribution >= 0.6 is 0 Å². The van der Waals surface area contributed by atoms with Crippen LogP contribution in [-0.2, 0) is 10.0 Å². The van der Waals surface area contributed by atoms with E-state index in [0.29, 0.717) is 11.3 Å². The number of rotatable bonds is 3. The Kier molecular flexibility index (Phi) is 5.21. The largest absolute Gasteiger partial charge is 0.384 e. The van der Waals surface area contributed by atoms with Crippen LogP contribution in [-0.4, -0.2) is 25.9 Å². The lowest BCUT2D eigenvalue weighted by Crippen LogP contribution is -2.26. The number of nitrogens with one attached hydrogen (secondary N) is 1. The average molecular weight is 295 g/mol. The molecule has 0 radical (unpaired) electrons. The molecule has 0 aliphatic rings. The van der Waals surface area contributed by atoms with Crippen LogP contribution in [0.4, 0.5) is 5.69 Å². The highest BCUT2D eigenvalue weighted by Gasteiger charge is 2.22. The minimum atomic E-state index is -3.40. The van der Waals surface area contributed by atoms with Gasteiger partial charge in [-0.15, -0.1) is 0 Å². The standard InChI is InChI=1S/C15H21NO3S/c1-12-7-8-13(6-5-9-17)10-14(12)16-20(18,19)11-15(2,3)4/h7-8,10,16-17H,9,11H2,1-4H3. The third-order valence-corrected chi connectivity index (χ3v) is 4.21. The van der Waals surface area contributed by atoms with Crippen molar-refractivity contribution in [3.63, 3.8) is 0 Å². The van der Waals surface area contributed by atoms with Crippen molar-refractivity contribution in [2.45, 2.75) is 27.7 Å². The second-order valence-electron chi connectivity index (χ2n) is 5.91. The van der Waals surface area contributed by atoms with E-state index in [2.05, 4.69) is 16.6 Å². The van der Waals surface area contributed by atoms with E-state index in [1.165, 1.54) is 0 Å². The first-order valence-corrected chi connectivity index (χ1v) is 7.99. The molecule has 0 spiro atoms. The van der Waals surface area contributed by atoms with Gasteiger partial charge in [0, 0.05) is 5.56 Å². The van der Waals surface area contributed by atoms with Gasteiger partial charge in [0.1, 0.15) is 6.61 Å². The van der Waals surface area contributed by atoms with Gasteiger partial charge in [-0.25, -0.2) is 8.42 Å². The van der Waals surface area contributed by atoms with E-state index in [1.807, 2.05) is 27.7 Å². The number of hydrogen-bond donors (Lipinski definition) is 2. The summed E-state index contributed by atoms with van der Waals surface area (Å²) in [5, 5.41) is 8.68. The van der Waals surface area contributed by atoms with Crippen LogP contribution in [0.15, 0.2) is 18.2 Å². The summed E-state index contributed by atoms with van der Waals surface area (Å²) in [6.07, 6.45) is 0. The molecule has 0 aliphatic carbocycles. The van der Waals surface area contributed by atoms with Gasteiger partial charge in [-0.1, -0.05) is 38.7 Å². The Morgan fingerprint density at radius 3 is 2.50 bits per heavy atom. The maximum atomic E-state index is 12.1. The smallest absolute Gasteiger partial charge is 0.233 e. The van der Waals surface area contributed by atoms with E-state index in [9.17, 15) is 8.42 Å². The van der Waals surface area contributed by atoms with Crippen molar-refractivity contribution in [3.8, 4) is 11.8 Å². The van der Waals surface area contributed by atoms with Gasteiger partial charge in [-0.05, 0) is 30.0 Å². The number of anilines is 1. The Morgan fingerprint density at radius 1 is 1.30 bits per heavy atom. The van der Waals surface area contributed by atoms with E-state index in [-0.39, 0.29) is 17.8 Å². The van der Waals surface area contributed by atoms with Gasteiger partial charge in [0.25, 0.3) is 0 Å². The maximum Gasteiger partial charge on any atom is 0.233 e. The highest BCUT2D eigenvalue weighted by molar-refractivity contribution is 7.92. The summed E-state index contributed by atoms with van der Waals surface area (Å²) in [5.74, 6) is 5.35. The second kappa shape index (κ2) is 6.29. The van der Waals surface area contributed by atoms with Gasteiger partial charge >= 0.3 is 0 Å². The van der Waals surface area contributed by atoms with Crippen LogP contribution in [0.5, 0.6) is 0 Å². The quantitative estimate of drug-likeness (QED) is 0.840. The van der Waals surface area contributed by atoms with Gasteiger partial charge in [-0.3, -0.25) is 4.72 Å². The molecule has 20 heavy (non-hydrogen) atoms. The van der Waals surface area contributed by atoms with E-state index < -0.39 is 10.0 Å². The molecule has 2 N–H and O–H groups in total. The maximum absolute atomic E-state index is 12.1. The summed E-state index contributed by atoms with van der Waals surface area (Å²) >= 11 is 0. The summed E-state index contributed by atoms with van der Waals surface area (Å²) in [4.78, 5) is 0. The molecule has 0 amide bonds. The lowest BCUT2D eigenvalue weighted by Gasteiger charge is -2.19. The summed E-state index contributed by atoms with van der Waals surface area (Å²) in [6.45, 7) is 7.24. The molecule has 5 heteroatoms. The molecule has 1 rings (SSSR count). The number of aliphatic hydroxyl groups excluding tert-OH is 1. The fourth-order valence-corrected chi connectivity index (χ4v) is 3.49. The fourth-order valence-electron chi connectivity index (χ4n) is 1.72. The molecule has 0 heterocycles. The first kappa shape index (κ1) is 16.5. The lowest BCUT2D eigenvalue weighted by atomic mass is 10.0. The third kappa shape index (κ3) is 5.64. The minimum Gasteiger partial charge on any atom is -0.384 e. The Morgan fingerprint density at radius 2 is 1.95 bits per heavy atom. The molecule has 1 aromatic rings. The molecule has 0 unspecified atom stereocenters. The molecule has 0 atom stereocenters. The normalized spacial score (nSPS) is 11.7. The van der Waals surface area contributed by atoms with Crippen LogP contribution in [0.25, 0.3) is 0 Å². The molecule has 0 bridgehead atoms. The first-order chi connectivity index (χ1) is 9.13. The molecule has 1 aromatic carbocycles. The lowest BCUT2D eigenvalue weighted by molar-refractivity contribution is 0.350. The van der Waals surface area contributed by atoms with Crippen LogP contribution < -0.4 is 4.72 Å². The zero-order valence-corrected chi connectivity index (χ0v) is 13.1. The van der Waals surface area contributed by atoms with Gasteiger partial charge in [0.05, 0.1) is 11.4 Å². The highest BCUT2D eigenvalue weighted by Crippen LogP contribution is 2.21. The zero-order chi connectivity index (χ0) is 15.4. The summed E-state index contributed by atoms with van der Waals surface area (Å²) < 4.78 is 26.8. The number of benzene rings is 1. The van der Waals surface area contributed by atoms with Gasteiger partial charge in [0.15, 0.2) is 0 Å². The first-order valence-electron chi connectivity index (χ1n) is 6.34. The number of sulfonamides is 1. The van der Waals surface area contributed by atoms with E-state index >= 15 is 0 Å². The van der Waals surface area contributed by atoms with Crippen molar-refractivity contribution >= 4 is 15.7 Å². The molecule has 0 saturated heterocycles. The van der Waals surface area contributed by atoms with Crippen molar-refractivity contribution in [3.05, 3.63) is 29.3 Å². The predicted molar refractivity (Wildman–Crippen MR) is 82.0 cm³/mol.